The monoisotopic (exact) mass is 362 g/mol. The van der Waals surface area contributed by atoms with Crippen LogP contribution in [0.3, 0.4) is 0 Å². The SMILES string of the molecule is CCOC(=O)c1ccc2nc(NC(=O)[C@@H]3CC[C@@H](C(=O)O)C3)sc2c1. The number of anilines is 1. The lowest BCUT2D eigenvalue weighted by atomic mass is 10.0. The molecule has 1 aromatic carbocycles. The van der Waals surface area contributed by atoms with E-state index in [1.54, 1.807) is 25.1 Å². The van der Waals surface area contributed by atoms with E-state index in [1.165, 1.54) is 11.3 Å². The van der Waals surface area contributed by atoms with Crippen LogP contribution in [0.5, 0.6) is 0 Å². The van der Waals surface area contributed by atoms with Crippen LogP contribution in [-0.2, 0) is 14.3 Å². The molecular weight excluding hydrogens is 344 g/mol. The summed E-state index contributed by atoms with van der Waals surface area (Å²) in [6.07, 6.45) is 1.45. The molecule has 2 N–H and O–H groups in total. The number of amides is 1. The van der Waals surface area contributed by atoms with Gasteiger partial charge in [-0.25, -0.2) is 9.78 Å². The number of hydrogen-bond acceptors (Lipinski definition) is 6. The zero-order chi connectivity index (χ0) is 18.0. The number of aliphatic carboxylic acids is 1. The third kappa shape index (κ3) is 3.79. The fourth-order valence-electron chi connectivity index (χ4n) is 2.97. The summed E-state index contributed by atoms with van der Waals surface area (Å²) in [7, 11) is 0. The highest BCUT2D eigenvalue weighted by molar-refractivity contribution is 7.22. The number of rotatable bonds is 5. The van der Waals surface area contributed by atoms with Gasteiger partial charge in [0.05, 0.1) is 28.3 Å². The quantitative estimate of drug-likeness (QED) is 0.792. The topological polar surface area (TPSA) is 106 Å². The van der Waals surface area contributed by atoms with Gasteiger partial charge in [0.25, 0.3) is 0 Å². The number of nitrogens with one attached hydrogen (secondary N) is 1. The maximum absolute atomic E-state index is 12.3. The Morgan fingerprint density at radius 2 is 2.08 bits per heavy atom. The van der Waals surface area contributed by atoms with Crippen molar-refractivity contribution >= 4 is 44.5 Å². The number of carbonyl (C=O) groups is 3. The van der Waals surface area contributed by atoms with Crippen molar-refractivity contribution in [1.82, 2.24) is 4.98 Å². The van der Waals surface area contributed by atoms with Gasteiger partial charge in [-0.05, 0) is 44.4 Å². The number of nitrogens with zero attached hydrogens (tertiary/aromatic N) is 1. The molecule has 2 aromatic rings. The molecule has 1 amide bonds. The van der Waals surface area contributed by atoms with Crippen LogP contribution in [0, 0.1) is 11.8 Å². The Labute approximate surface area is 148 Å². The first-order valence-electron chi connectivity index (χ1n) is 8.09. The smallest absolute Gasteiger partial charge is 0.338 e. The second-order valence-electron chi connectivity index (χ2n) is 5.96. The molecule has 1 heterocycles. The number of ether oxygens (including phenoxy) is 1. The zero-order valence-electron chi connectivity index (χ0n) is 13.7. The van der Waals surface area contributed by atoms with Gasteiger partial charge in [-0.2, -0.15) is 0 Å². The molecule has 132 valence electrons. The van der Waals surface area contributed by atoms with E-state index in [0.717, 1.165) is 4.70 Å². The molecule has 0 spiro atoms. The van der Waals surface area contributed by atoms with Crippen LogP contribution in [0.4, 0.5) is 5.13 Å². The lowest BCUT2D eigenvalue weighted by Gasteiger charge is -2.08. The van der Waals surface area contributed by atoms with Crippen LogP contribution >= 0.6 is 11.3 Å². The molecule has 8 heteroatoms. The van der Waals surface area contributed by atoms with Gasteiger partial charge in [-0.3, -0.25) is 9.59 Å². The van der Waals surface area contributed by atoms with Crippen LogP contribution in [0.2, 0.25) is 0 Å². The lowest BCUT2D eigenvalue weighted by Crippen LogP contribution is -2.21. The average Bonchev–Trinajstić information content (AvgIpc) is 3.20. The van der Waals surface area contributed by atoms with Crippen LogP contribution in [0.1, 0.15) is 36.5 Å². The second-order valence-corrected chi connectivity index (χ2v) is 6.99. The molecule has 3 rings (SSSR count). The van der Waals surface area contributed by atoms with E-state index < -0.39 is 17.9 Å². The zero-order valence-corrected chi connectivity index (χ0v) is 14.5. The van der Waals surface area contributed by atoms with Crippen molar-refractivity contribution < 1.29 is 24.2 Å². The highest BCUT2D eigenvalue weighted by Crippen LogP contribution is 2.33. The Bertz CT molecular complexity index is 832. The Kier molecular flexibility index (Phi) is 4.98. The maximum atomic E-state index is 12.3. The average molecular weight is 362 g/mol. The molecule has 1 aliphatic carbocycles. The first-order chi connectivity index (χ1) is 12.0. The molecule has 0 radical (unpaired) electrons. The molecule has 0 unspecified atom stereocenters. The molecule has 1 aromatic heterocycles. The first-order valence-corrected chi connectivity index (χ1v) is 8.91. The predicted octanol–water partition coefficient (Wildman–Crippen LogP) is 2.91. The van der Waals surface area contributed by atoms with Crippen molar-refractivity contribution in [3.05, 3.63) is 23.8 Å². The number of aromatic nitrogens is 1. The largest absolute Gasteiger partial charge is 0.481 e. The van der Waals surface area contributed by atoms with Crippen molar-refractivity contribution in [3.8, 4) is 0 Å². The number of carboxylic acids is 1. The van der Waals surface area contributed by atoms with Crippen molar-refractivity contribution in [3.63, 3.8) is 0 Å². The normalized spacial score (nSPS) is 19.7. The minimum Gasteiger partial charge on any atom is -0.481 e. The van der Waals surface area contributed by atoms with Gasteiger partial charge in [0.2, 0.25) is 5.91 Å². The summed E-state index contributed by atoms with van der Waals surface area (Å²) in [6.45, 7) is 2.05. The minimum absolute atomic E-state index is 0.201. The number of carboxylic acid groups (broad SMARTS) is 1. The molecule has 2 atom stereocenters. The first kappa shape index (κ1) is 17.3. The van der Waals surface area contributed by atoms with Crippen molar-refractivity contribution in [2.75, 3.05) is 11.9 Å². The number of carbonyl (C=O) groups excluding carboxylic acids is 2. The number of esters is 1. The fraction of sp³-hybridized carbons (Fsp3) is 0.412. The molecule has 1 fully saturated rings. The molecule has 0 aliphatic heterocycles. The maximum Gasteiger partial charge on any atom is 0.338 e. The Balaban J connectivity index is 1.71. The van der Waals surface area contributed by atoms with Crippen LogP contribution in [0.15, 0.2) is 18.2 Å². The van der Waals surface area contributed by atoms with Gasteiger partial charge in [0.15, 0.2) is 5.13 Å². The Morgan fingerprint density at radius 3 is 2.76 bits per heavy atom. The number of thiazole rings is 1. The molecule has 1 saturated carbocycles. The fourth-order valence-corrected chi connectivity index (χ4v) is 3.88. The highest BCUT2D eigenvalue weighted by atomic mass is 32.1. The molecule has 7 nitrogen and oxygen atoms in total. The standard InChI is InChI=1S/C17H18N2O5S/c1-2-24-16(23)11-5-6-12-13(8-11)25-17(18-12)19-14(20)9-3-4-10(7-9)15(21)22/h5-6,8-10H,2-4,7H2,1H3,(H,21,22)(H,18,19,20)/t9-,10-/m1/s1. The van der Waals surface area contributed by atoms with Gasteiger partial charge in [-0.1, -0.05) is 11.3 Å². The second kappa shape index (κ2) is 7.18. The van der Waals surface area contributed by atoms with Crippen molar-refractivity contribution in [1.29, 1.82) is 0 Å². The summed E-state index contributed by atoms with van der Waals surface area (Å²) in [5.74, 6) is -2.19. The number of fused-ring (bicyclic) bond motifs is 1. The van der Waals surface area contributed by atoms with Crippen LogP contribution in [0.25, 0.3) is 10.2 Å². The van der Waals surface area contributed by atoms with Crippen molar-refractivity contribution in [2.45, 2.75) is 26.2 Å². The summed E-state index contributed by atoms with van der Waals surface area (Å²) in [5.41, 5.74) is 1.12. The van der Waals surface area contributed by atoms with Gasteiger partial charge in [-0.15, -0.1) is 0 Å². The summed E-state index contributed by atoms with van der Waals surface area (Å²) >= 11 is 1.27. The summed E-state index contributed by atoms with van der Waals surface area (Å²) in [5, 5.41) is 12.2. The lowest BCUT2D eigenvalue weighted by molar-refractivity contribution is -0.141. The van der Waals surface area contributed by atoms with E-state index in [1.807, 2.05) is 0 Å². The van der Waals surface area contributed by atoms with E-state index >= 15 is 0 Å². The van der Waals surface area contributed by atoms with E-state index in [9.17, 15) is 14.4 Å². The third-order valence-electron chi connectivity index (χ3n) is 4.28. The highest BCUT2D eigenvalue weighted by Gasteiger charge is 2.34. The van der Waals surface area contributed by atoms with Gasteiger partial charge >= 0.3 is 11.9 Å². The van der Waals surface area contributed by atoms with Gasteiger partial charge in [0.1, 0.15) is 0 Å². The summed E-state index contributed by atoms with van der Waals surface area (Å²) < 4.78 is 5.75. The van der Waals surface area contributed by atoms with E-state index in [2.05, 4.69) is 10.3 Å². The van der Waals surface area contributed by atoms with Gasteiger partial charge < -0.3 is 15.2 Å². The Hall–Kier alpha value is -2.48. The minimum atomic E-state index is -0.846. The van der Waals surface area contributed by atoms with Crippen LogP contribution < -0.4 is 5.32 Å². The molecule has 0 bridgehead atoms. The number of hydrogen-bond donors (Lipinski definition) is 2. The molecule has 1 aliphatic rings. The van der Waals surface area contributed by atoms with Crippen molar-refractivity contribution in [2.24, 2.45) is 11.8 Å². The van der Waals surface area contributed by atoms with E-state index in [4.69, 9.17) is 9.84 Å². The number of benzene rings is 1. The summed E-state index contributed by atoms with van der Waals surface area (Å²) in [4.78, 5) is 39.4. The molecule has 25 heavy (non-hydrogen) atoms. The van der Waals surface area contributed by atoms with E-state index in [0.29, 0.717) is 42.1 Å². The van der Waals surface area contributed by atoms with Gasteiger partial charge in [0, 0.05) is 5.92 Å². The molecule has 0 saturated heterocycles. The predicted molar refractivity (Wildman–Crippen MR) is 92.7 cm³/mol. The summed E-state index contributed by atoms with van der Waals surface area (Å²) in [6, 6.07) is 5.04. The van der Waals surface area contributed by atoms with E-state index in [-0.39, 0.29) is 11.8 Å². The Morgan fingerprint density at radius 1 is 1.32 bits per heavy atom. The third-order valence-corrected chi connectivity index (χ3v) is 5.22. The van der Waals surface area contributed by atoms with Crippen LogP contribution in [-0.4, -0.2) is 34.5 Å². The molecular formula is C17H18N2O5S.